The Hall–Kier alpha value is -3.54. The topological polar surface area (TPSA) is 715 Å². The number of aliphatic hydroxyl groups is 21. The van der Waals surface area contributed by atoms with Crippen molar-refractivity contribution in [3.8, 4) is 0 Å². The summed E-state index contributed by atoms with van der Waals surface area (Å²) < 4.78 is 77.4. The van der Waals surface area contributed by atoms with Crippen LogP contribution in [-0.2, 0) is 90.4 Å². The largest absolute Gasteiger partial charge is 0.477 e. The fourth-order valence-electron chi connectivity index (χ4n) is 14.3. The van der Waals surface area contributed by atoms with Crippen LogP contribution >= 0.6 is 12.6 Å². The number of ether oxygens (including phenoxy) is 13. The highest BCUT2D eigenvalue weighted by atomic mass is 32.1. The van der Waals surface area contributed by atoms with Crippen LogP contribution in [0.15, 0.2) is 0 Å². The van der Waals surface area contributed by atoms with Gasteiger partial charge in [-0.2, -0.15) is 17.7 Å². The molecule has 7 rings (SSSR count). The van der Waals surface area contributed by atoms with E-state index in [-0.39, 0.29) is 31.7 Å². The average molecular weight is 1630 g/mol. The SMILES string of the molecule is CC(=O)NC1[C@H](O[C@H]2C(CO)O[C@@H](O[C@@H]3C(CO)O[C@@H](N(C)OCCCC(=O)CCCS)C(O)[C@H]3O)C(O)[C@H]2O[C@]2(C(=O)O)CC(O)[C@@H](C)[C@H]([C@H](O)[C@H](O)CO)O2)OC(CO)[C@H](O)[C@@H]1O[C@@H]1OC(CO)[C@H](O)[C@H](O[C@]2(C(=O)O)CC(O)[C@@H](C)[C@H]([C@H](O)[C@@H](CO)O[C@]3(C(=O)O)CC(O)[C@@H](C)[C@H]([C@H](O)[C@H](O)CO)O3)O2)C1O. The van der Waals surface area contributed by atoms with Gasteiger partial charge in [-0.3, -0.25) is 14.4 Å². The minimum Gasteiger partial charge on any atom is -0.477 e. The Labute approximate surface area is 633 Å². The van der Waals surface area contributed by atoms with E-state index < -0.39 is 320 Å². The third-order valence-corrected chi connectivity index (χ3v) is 21.2. The third kappa shape index (κ3) is 20.7. The van der Waals surface area contributed by atoms with Gasteiger partial charge in [-0.15, -0.1) is 0 Å². The number of hydrogen-bond donors (Lipinski definition) is 26. The summed E-state index contributed by atoms with van der Waals surface area (Å²) in [5, 5.41) is 270. The molecule has 0 aliphatic carbocycles. The smallest absolute Gasteiger partial charge is 0.364 e. The highest BCUT2D eigenvalue weighted by molar-refractivity contribution is 7.80. The van der Waals surface area contributed by atoms with E-state index in [1.807, 2.05) is 0 Å². The summed E-state index contributed by atoms with van der Waals surface area (Å²) in [5.74, 6) is -20.8. The lowest BCUT2D eigenvalue weighted by Gasteiger charge is -2.53. The molecule has 0 aromatic rings. The van der Waals surface area contributed by atoms with E-state index in [0.717, 1.165) is 12.0 Å². The van der Waals surface area contributed by atoms with E-state index in [2.05, 4.69) is 17.9 Å². The van der Waals surface area contributed by atoms with E-state index in [1.165, 1.54) is 27.8 Å². The summed E-state index contributed by atoms with van der Waals surface area (Å²) in [6.45, 7) is -4.06. The van der Waals surface area contributed by atoms with Gasteiger partial charge in [0.05, 0.1) is 89.5 Å². The highest BCUT2D eigenvalue weighted by Gasteiger charge is 2.65. The van der Waals surface area contributed by atoms with Gasteiger partial charge < -0.3 is 189 Å². The molecular weight excluding hydrogens is 1520 g/mol. The molecule has 0 bridgehead atoms. The molecule has 7 aliphatic rings. The molecule has 0 radical (unpaired) electrons. The van der Waals surface area contributed by atoms with Gasteiger partial charge in [-0.25, -0.2) is 14.4 Å². The highest BCUT2D eigenvalue weighted by Crippen LogP contribution is 2.46. The number of carboxylic acids is 3. The number of hydroxylamine groups is 2. The van der Waals surface area contributed by atoms with Crippen molar-refractivity contribution in [1.29, 1.82) is 0 Å². The molecule has 11 unspecified atom stereocenters. The first kappa shape index (κ1) is 93.6. The summed E-state index contributed by atoms with van der Waals surface area (Å²) in [5.41, 5.74) is 0. The van der Waals surface area contributed by atoms with Gasteiger partial charge in [-0.05, 0) is 18.6 Å². The summed E-state index contributed by atoms with van der Waals surface area (Å²) in [4.78, 5) is 71.8. The molecule has 1 amide bonds. The van der Waals surface area contributed by atoms with Crippen LogP contribution in [0, 0.1) is 17.8 Å². The monoisotopic (exact) mass is 1620 g/mol. The van der Waals surface area contributed by atoms with Crippen molar-refractivity contribution in [1.82, 2.24) is 10.4 Å². The molecule has 110 heavy (non-hydrogen) atoms. The Balaban J connectivity index is 1.22. The Morgan fingerprint density at radius 3 is 1.36 bits per heavy atom. The van der Waals surface area contributed by atoms with Gasteiger partial charge in [0.1, 0.15) is 140 Å². The summed E-state index contributed by atoms with van der Waals surface area (Å²) in [6.07, 6.45) is -69.2. The maximum atomic E-state index is 13.8. The number of carbonyl (C=O) groups excluding carboxylic acids is 2. The Bertz CT molecular complexity index is 2930. The number of hydrogen-bond acceptors (Lipinski definition) is 42. The number of ketones is 1. The number of rotatable bonds is 38. The van der Waals surface area contributed by atoms with Crippen LogP contribution in [0.2, 0.25) is 0 Å². The molecule has 7 aliphatic heterocycles. The molecule has 38 atom stereocenters. The van der Waals surface area contributed by atoms with Crippen LogP contribution in [-0.4, -0.2) is 436 Å². The maximum absolute atomic E-state index is 13.8. The van der Waals surface area contributed by atoms with Crippen molar-refractivity contribution in [3.63, 3.8) is 0 Å². The second-order valence-electron chi connectivity index (χ2n) is 28.5. The molecule has 7 fully saturated rings. The van der Waals surface area contributed by atoms with E-state index >= 15 is 0 Å². The molecule has 0 aromatic carbocycles. The van der Waals surface area contributed by atoms with E-state index in [4.69, 9.17) is 66.4 Å². The van der Waals surface area contributed by atoms with Crippen molar-refractivity contribution in [2.24, 2.45) is 17.8 Å². The molecule has 45 nitrogen and oxygen atoms in total. The standard InChI is InChI=1S/C64H108N2O43S/c1-22-27(76)12-62(59(90)91,105-47(22)38(81)30(79)15-67)104-34(19-71)42(85)49-24(3)29(78)13-63(107-49,60(92)93)108-53-41(84)33(18-70)99-57(45(53)88)103-52-37(65-25(4)74)56(98-32(17-69)40(52)83)102-51-36(21-73)100-58(46(89)54(51)109-64(61(94)95)14-28(77)23(2)48(106-64)39(82)31(80)16-68)101-50-35(20-72)97-55(44(87)43(50)86)66(5)96-10-6-8-26(75)9-7-11-110/h22-24,27-58,67-73,76-89,110H,6-21H2,1-5H3,(H,65,74)(H,90,91)(H,92,93)(H,94,95)/t22-,23-,24-,27?,28?,29?,30-,31-,32?,33?,34-,35?,36?,37?,38-,39-,40+,41+,42-,43-,44?,45?,46?,47-,48-,49-,50-,51+,52-,53+,54-,55-,56+,57+,58+,62-,63+,64+/m1/s1. The first-order valence-electron chi connectivity index (χ1n) is 35.7. The second-order valence-corrected chi connectivity index (χ2v) is 29.0. The van der Waals surface area contributed by atoms with E-state index in [9.17, 15) is 147 Å². The zero-order chi connectivity index (χ0) is 82.1. The number of aliphatic hydroxyl groups excluding tert-OH is 21. The number of amides is 1. The fraction of sp³-hybridized carbons (Fsp3) is 0.922. The lowest BCUT2D eigenvalue weighted by Crippen LogP contribution is -2.72. The van der Waals surface area contributed by atoms with Gasteiger partial charge in [0, 0.05) is 63.8 Å². The first-order chi connectivity index (χ1) is 51.7. The van der Waals surface area contributed by atoms with Crippen LogP contribution in [0.4, 0.5) is 0 Å². The maximum Gasteiger partial charge on any atom is 0.364 e. The molecule has 638 valence electrons. The minimum absolute atomic E-state index is 0.0730. The van der Waals surface area contributed by atoms with Crippen molar-refractivity contribution >= 4 is 42.2 Å². The average Bonchev–Trinajstić information content (AvgIpc) is 0.752. The van der Waals surface area contributed by atoms with Gasteiger partial charge in [0.25, 0.3) is 17.4 Å². The van der Waals surface area contributed by atoms with Crippen LogP contribution < -0.4 is 5.32 Å². The predicted octanol–water partition coefficient (Wildman–Crippen LogP) is -12.8. The molecule has 0 aromatic heterocycles. The molecule has 0 saturated carbocycles. The van der Waals surface area contributed by atoms with Crippen molar-refractivity contribution in [3.05, 3.63) is 0 Å². The van der Waals surface area contributed by atoms with Gasteiger partial charge >= 0.3 is 17.9 Å². The van der Waals surface area contributed by atoms with Crippen molar-refractivity contribution in [2.45, 2.75) is 286 Å². The van der Waals surface area contributed by atoms with E-state index in [1.54, 1.807) is 0 Å². The van der Waals surface area contributed by atoms with Crippen LogP contribution in [0.25, 0.3) is 0 Å². The predicted molar refractivity (Wildman–Crippen MR) is 353 cm³/mol. The van der Waals surface area contributed by atoms with Crippen LogP contribution in [0.1, 0.15) is 72.6 Å². The molecular formula is C64H108N2O43S. The van der Waals surface area contributed by atoms with Gasteiger partial charge in [0.15, 0.2) is 25.1 Å². The number of carbonyl (C=O) groups is 5. The molecule has 7 heterocycles. The number of nitrogens with one attached hydrogen (secondary N) is 1. The summed E-state index contributed by atoms with van der Waals surface area (Å²) in [6, 6.07) is -2.14. The lowest BCUT2D eigenvalue weighted by molar-refractivity contribution is -0.407. The summed E-state index contributed by atoms with van der Waals surface area (Å²) >= 11 is 4.10. The Kier molecular flexibility index (Phi) is 34.5. The second kappa shape index (κ2) is 40.6. The molecule has 46 heteroatoms. The first-order valence-corrected chi connectivity index (χ1v) is 36.3. The van der Waals surface area contributed by atoms with Crippen LogP contribution in [0.5, 0.6) is 0 Å². The molecule has 25 N–H and O–H groups in total. The zero-order valence-electron chi connectivity index (χ0n) is 60.4. The normalized spacial score (nSPS) is 43.0. The number of nitrogens with zero attached hydrogens (tertiary/aromatic N) is 1. The molecule has 7 saturated heterocycles. The van der Waals surface area contributed by atoms with Crippen LogP contribution in [0.3, 0.4) is 0 Å². The summed E-state index contributed by atoms with van der Waals surface area (Å²) in [7, 11) is 1.28. The quantitative estimate of drug-likeness (QED) is 0.0155. The Morgan fingerprint density at radius 1 is 0.491 bits per heavy atom. The Morgan fingerprint density at radius 2 is 0.900 bits per heavy atom. The van der Waals surface area contributed by atoms with Crippen molar-refractivity contribution in [2.75, 3.05) is 65.7 Å². The fourth-order valence-corrected chi connectivity index (χ4v) is 14.5. The third-order valence-electron chi connectivity index (χ3n) is 20.9. The zero-order valence-corrected chi connectivity index (χ0v) is 61.3. The number of thiol groups is 1. The van der Waals surface area contributed by atoms with Gasteiger partial charge in [-0.1, -0.05) is 20.8 Å². The lowest BCUT2D eigenvalue weighted by atomic mass is 9.83. The van der Waals surface area contributed by atoms with Crippen molar-refractivity contribution < 1.29 is 213 Å². The van der Waals surface area contributed by atoms with E-state index in [0.29, 0.717) is 12.2 Å². The number of Topliss-reactive ketones (excluding diaryl/α,β-unsaturated/α-hetero) is 1. The number of aliphatic carboxylic acids is 3. The minimum atomic E-state index is -3.40. The van der Waals surface area contributed by atoms with Gasteiger partial charge in [0.2, 0.25) is 5.91 Å². The molecule has 0 spiro atoms. The number of likely N-dealkylation sites (N-methyl/N-ethyl adjacent to an activating group) is 1. The number of carboxylic acid groups (broad SMARTS) is 3.